The van der Waals surface area contributed by atoms with Crippen LogP contribution in [0.4, 0.5) is 0 Å². The normalized spacial score (nSPS) is 22.6. The minimum absolute atomic E-state index is 0.381. The molecular weight excluding hydrogens is 328 g/mol. The molecule has 2 unspecified atom stereocenters. The van der Waals surface area contributed by atoms with Crippen LogP contribution in [-0.4, -0.2) is 68.3 Å². The molecule has 0 radical (unpaired) electrons. The van der Waals surface area contributed by atoms with Gasteiger partial charge in [-0.3, -0.25) is 4.99 Å². The van der Waals surface area contributed by atoms with Gasteiger partial charge in [-0.15, -0.1) is 0 Å². The minimum atomic E-state index is -3.12. The number of likely N-dealkylation sites (tertiary alicyclic amines) is 1. The molecule has 1 aliphatic heterocycles. The Labute approximate surface area is 144 Å². The van der Waals surface area contributed by atoms with Crippen molar-refractivity contribution in [3.8, 4) is 0 Å². The van der Waals surface area contributed by atoms with Gasteiger partial charge >= 0.3 is 0 Å². The quantitative estimate of drug-likeness (QED) is 0.434. The molecule has 2 atom stereocenters. The molecule has 9 heteroatoms. The van der Waals surface area contributed by atoms with E-state index in [2.05, 4.69) is 36.4 Å². The van der Waals surface area contributed by atoms with Gasteiger partial charge in [-0.1, -0.05) is 6.92 Å². The first-order valence-corrected chi connectivity index (χ1v) is 10.2. The van der Waals surface area contributed by atoms with Crippen LogP contribution < -0.4 is 10.0 Å². The predicted octanol–water partition coefficient (Wildman–Crippen LogP) is 0.281. The van der Waals surface area contributed by atoms with E-state index in [9.17, 15) is 8.42 Å². The SMILES string of the molecule is CN=C(NCCCNS(C)(=O)=O)N1CCC(C)C(n2ccnc2)C1. The maximum absolute atomic E-state index is 11.0. The van der Waals surface area contributed by atoms with E-state index in [4.69, 9.17) is 0 Å². The first kappa shape index (κ1) is 18.7. The number of sulfonamides is 1. The van der Waals surface area contributed by atoms with Crippen molar-refractivity contribution < 1.29 is 8.42 Å². The second-order valence-electron chi connectivity index (χ2n) is 6.28. The van der Waals surface area contributed by atoms with Gasteiger partial charge in [0.25, 0.3) is 0 Å². The summed E-state index contributed by atoms with van der Waals surface area (Å²) in [7, 11) is -1.34. The molecule has 2 N–H and O–H groups in total. The maximum Gasteiger partial charge on any atom is 0.208 e. The number of hydrogen-bond acceptors (Lipinski definition) is 4. The fraction of sp³-hybridized carbons (Fsp3) is 0.733. The first-order valence-electron chi connectivity index (χ1n) is 8.28. The van der Waals surface area contributed by atoms with E-state index in [-0.39, 0.29) is 0 Å². The molecule has 0 spiro atoms. The Morgan fingerprint density at radius 2 is 2.21 bits per heavy atom. The third-order valence-electron chi connectivity index (χ3n) is 4.34. The number of rotatable bonds is 6. The van der Waals surface area contributed by atoms with Crippen LogP contribution in [0.15, 0.2) is 23.7 Å². The van der Waals surface area contributed by atoms with E-state index >= 15 is 0 Å². The van der Waals surface area contributed by atoms with Crippen molar-refractivity contribution in [3.05, 3.63) is 18.7 Å². The molecule has 1 aromatic rings. The van der Waals surface area contributed by atoms with Gasteiger partial charge in [-0.25, -0.2) is 18.1 Å². The molecule has 0 aliphatic carbocycles. The average Bonchev–Trinajstić information content (AvgIpc) is 3.05. The first-order chi connectivity index (χ1) is 11.4. The van der Waals surface area contributed by atoms with Gasteiger partial charge in [0.15, 0.2) is 5.96 Å². The molecule has 1 aromatic heterocycles. The lowest BCUT2D eigenvalue weighted by Crippen LogP contribution is -2.49. The Morgan fingerprint density at radius 1 is 1.42 bits per heavy atom. The zero-order valence-electron chi connectivity index (χ0n) is 14.6. The highest BCUT2D eigenvalue weighted by Gasteiger charge is 2.28. The molecule has 0 amide bonds. The molecule has 0 saturated carbocycles. The van der Waals surface area contributed by atoms with Crippen LogP contribution in [0.1, 0.15) is 25.8 Å². The lowest BCUT2D eigenvalue weighted by atomic mass is 9.93. The summed E-state index contributed by atoms with van der Waals surface area (Å²) in [5.41, 5.74) is 0. The highest BCUT2D eigenvalue weighted by molar-refractivity contribution is 7.88. The largest absolute Gasteiger partial charge is 0.356 e. The highest BCUT2D eigenvalue weighted by Crippen LogP contribution is 2.27. The molecule has 1 saturated heterocycles. The van der Waals surface area contributed by atoms with Crippen LogP contribution in [0.5, 0.6) is 0 Å². The summed E-state index contributed by atoms with van der Waals surface area (Å²) < 4.78 is 26.7. The molecule has 1 aliphatic rings. The van der Waals surface area contributed by atoms with Crippen LogP contribution in [0.25, 0.3) is 0 Å². The van der Waals surface area contributed by atoms with Crippen molar-refractivity contribution in [1.29, 1.82) is 0 Å². The predicted molar refractivity (Wildman–Crippen MR) is 95.4 cm³/mol. The molecule has 2 heterocycles. The summed E-state index contributed by atoms with van der Waals surface area (Å²) >= 11 is 0. The van der Waals surface area contributed by atoms with Gasteiger partial charge in [0.2, 0.25) is 10.0 Å². The molecule has 8 nitrogen and oxygen atoms in total. The van der Waals surface area contributed by atoms with Crippen molar-refractivity contribution in [2.45, 2.75) is 25.8 Å². The van der Waals surface area contributed by atoms with Gasteiger partial charge in [-0.2, -0.15) is 0 Å². The third kappa shape index (κ3) is 5.48. The second kappa shape index (κ2) is 8.48. The molecule has 0 bridgehead atoms. The minimum Gasteiger partial charge on any atom is -0.356 e. The fourth-order valence-electron chi connectivity index (χ4n) is 2.97. The highest BCUT2D eigenvalue weighted by atomic mass is 32.2. The Hall–Kier alpha value is -1.61. The van der Waals surface area contributed by atoms with Crippen LogP contribution in [0.3, 0.4) is 0 Å². The van der Waals surface area contributed by atoms with E-state index in [1.807, 2.05) is 18.7 Å². The van der Waals surface area contributed by atoms with Crippen LogP contribution in [-0.2, 0) is 10.0 Å². The van der Waals surface area contributed by atoms with Crippen molar-refractivity contribution in [2.24, 2.45) is 10.9 Å². The van der Waals surface area contributed by atoms with E-state index in [1.165, 1.54) is 6.26 Å². The lowest BCUT2D eigenvalue weighted by molar-refractivity contribution is 0.189. The van der Waals surface area contributed by atoms with Crippen molar-refractivity contribution in [2.75, 3.05) is 39.5 Å². The topological polar surface area (TPSA) is 91.6 Å². The summed E-state index contributed by atoms with van der Waals surface area (Å²) in [6.45, 7) is 5.23. The number of imidazole rings is 1. The second-order valence-corrected chi connectivity index (χ2v) is 8.12. The summed E-state index contributed by atoms with van der Waals surface area (Å²) in [5, 5.41) is 3.32. The van der Waals surface area contributed by atoms with Crippen LogP contribution >= 0.6 is 0 Å². The third-order valence-corrected chi connectivity index (χ3v) is 5.07. The molecule has 1 fully saturated rings. The molecule has 136 valence electrons. The Bertz CT molecular complexity index is 628. The number of aliphatic imine (C=N–C) groups is 1. The summed E-state index contributed by atoms with van der Waals surface area (Å²) in [4.78, 5) is 10.8. The molecule has 0 aromatic carbocycles. The van der Waals surface area contributed by atoms with Gasteiger partial charge < -0.3 is 14.8 Å². The van der Waals surface area contributed by atoms with Crippen molar-refractivity contribution in [3.63, 3.8) is 0 Å². The summed E-state index contributed by atoms with van der Waals surface area (Å²) in [6, 6.07) is 0.381. The van der Waals surface area contributed by atoms with Crippen LogP contribution in [0.2, 0.25) is 0 Å². The standard InChI is InChI=1S/C15H28N6O2S/c1-13-5-9-20(11-14(13)21-10-8-17-12-21)15(16-2)18-6-4-7-19-24(3,22)23/h8,10,12-14,19H,4-7,9,11H2,1-3H3,(H,16,18). The number of piperidine rings is 1. The number of nitrogens with zero attached hydrogens (tertiary/aromatic N) is 4. The summed E-state index contributed by atoms with van der Waals surface area (Å²) in [5.74, 6) is 1.46. The van der Waals surface area contributed by atoms with Crippen molar-refractivity contribution >= 4 is 16.0 Å². The number of guanidine groups is 1. The smallest absolute Gasteiger partial charge is 0.208 e. The zero-order chi connectivity index (χ0) is 17.6. The van der Waals surface area contributed by atoms with E-state index < -0.39 is 10.0 Å². The Balaban J connectivity index is 1.84. The lowest BCUT2D eigenvalue weighted by Gasteiger charge is -2.39. The monoisotopic (exact) mass is 356 g/mol. The van der Waals surface area contributed by atoms with E-state index in [0.717, 1.165) is 25.5 Å². The molecule has 24 heavy (non-hydrogen) atoms. The summed E-state index contributed by atoms with van der Waals surface area (Å²) in [6.07, 6.45) is 8.67. The van der Waals surface area contributed by atoms with Gasteiger partial charge in [0.05, 0.1) is 18.6 Å². The molecule has 2 rings (SSSR count). The molecular formula is C15H28N6O2S. The number of hydrogen-bond donors (Lipinski definition) is 2. The van der Waals surface area contributed by atoms with Gasteiger partial charge in [0.1, 0.15) is 0 Å². The van der Waals surface area contributed by atoms with Crippen molar-refractivity contribution in [1.82, 2.24) is 24.5 Å². The van der Waals surface area contributed by atoms with Crippen LogP contribution in [0, 0.1) is 5.92 Å². The van der Waals surface area contributed by atoms with E-state index in [1.54, 1.807) is 7.05 Å². The average molecular weight is 356 g/mol. The zero-order valence-corrected chi connectivity index (χ0v) is 15.5. The van der Waals surface area contributed by atoms with Gasteiger partial charge in [-0.05, 0) is 18.8 Å². The number of aromatic nitrogens is 2. The Kier molecular flexibility index (Phi) is 6.61. The maximum atomic E-state index is 11.0. The van der Waals surface area contributed by atoms with Gasteiger partial charge in [0, 0.05) is 45.6 Å². The Morgan fingerprint density at radius 3 is 2.83 bits per heavy atom. The van der Waals surface area contributed by atoms with E-state index in [0.29, 0.717) is 31.5 Å². The fourth-order valence-corrected chi connectivity index (χ4v) is 3.49. The number of nitrogens with one attached hydrogen (secondary N) is 2.